The van der Waals surface area contributed by atoms with E-state index in [2.05, 4.69) is 24.0 Å². The van der Waals surface area contributed by atoms with Gasteiger partial charge >= 0.3 is 0 Å². The zero-order valence-corrected chi connectivity index (χ0v) is 12.9. The monoisotopic (exact) mass is 285 g/mol. The summed E-state index contributed by atoms with van der Waals surface area (Å²) in [5.41, 5.74) is 2.23. The van der Waals surface area contributed by atoms with E-state index < -0.39 is 0 Å². The lowest BCUT2D eigenvalue weighted by molar-refractivity contribution is -0.134. The molecule has 3 aliphatic rings. The lowest BCUT2D eigenvalue weighted by Gasteiger charge is -2.48. The predicted octanol–water partition coefficient (Wildman–Crippen LogP) is 2.56. The lowest BCUT2D eigenvalue weighted by atomic mass is 9.64. The van der Waals surface area contributed by atoms with Crippen LogP contribution in [0.2, 0.25) is 0 Å². The van der Waals surface area contributed by atoms with Gasteiger partial charge in [0, 0.05) is 13.1 Å². The third-order valence-electron chi connectivity index (χ3n) is 5.70. The number of nitrogens with zero attached hydrogens (tertiary/aromatic N) is 1. The van der Waals surface area contributed by atoms with Crippen molar-refractivity contribution in [1.29, 1.82) is 0 Å². The Kier molecular flexibility index (Phi) is 2.90. The summed E-state index contributed by atoms with van der Waals surface area (Å²) in [5, 5.41) is 0. The summed E-state index contributed by atoms with van der Waals surface area (Å²) in [6.45, 7) is 4.31. The number of Topliss-reactive ketones (excluding diaryl/α,β-unsaturated/α-hetero) is 1. The molecule has 1 aliphatic heterocycles. The zero-order valence-electron chi connectivity index (χ0n) is 12.9. The largest absolute Gasteiger partial charge is 0.497 e. The maximum Gasteiger partial charge on any atom is 0.160 e. The van der Waals surface area contributed by atoms with E-state index in [1.807, 2.05) is 6.07 Å². The standard InChI is InChI=1S/C18H23NO2/c1-18-7-8-19(11-12-3-4-12)16(17(18)20)9-13-5-6-14(21-2)10-15(13)18/h5-6,10,12,16H,3-4,7-9,11H2,1-2H3/t16-,18-/m1/s1. The molecular weight excluding hydrogens is 262 g/mol. The van der Waals surface area contributed by atoms with Crippen LogP contribution in [0.15, 0.2) is 18.2 Å². The van der Waals surface area contributed by atoms with E-state index in [-0.39, 0.29) is 11.5 Å². The molecule has 2 aliphatic carbocycles. The molecule has 2 bridgehead atoms. The van der Waals surface area contributed by atoms with Crippen LogP contribution in [0, 0.1) is 5.92 Å². The summed E-state index contributed by atoms with van der Waals surface area (Å²) >= 11 is 0. The van der Waals surface area contributed by atoms with Gasteiger partial charge in [0.15, 0.2) is 5.78 Å². The van der Waals surface area contributed by atoms with Crippen molar-refractivity contribution in [1.82, 2.24) is 4.90 Å². The highest BCUT2D eigenvalue weighted by molar-refractivity contribution is 5.97. The van der Waals surface area contributed by atoms with Crippen LogP contribution in [0.5, 0.6) is 5.75 Å². The molecule has 0 radical (unpaired) electrons. The van der Waals surface area contributed by atoms with Gasteiger partial charge in [0.1, 0.15) is 5.75 Å². The number of hydrogen-bond acceptors (Lipinski definition) is 3. The Labute approximate surface area is 126 Å². The summed E-state index contributed by atoms with van der Waals surface area (Å²) in [5.74, 6) is 2.14. The molecule has 0 unspecified atom stereocenters. The Morgan fingerprint density at radius 3 is 2.90 bits per heavy atom. The van der Waals surface area contributed by atoms with Crippen LogP contribution in [0.25, 0.3) is 0 Å². The van der Waals surface area contributed by atoms with Crippen LogP contribution in [0.3, 0.4) is 0 Å². The van der Waals surface area contributed by atoms with Crippen LogP contribution < -0.4 is 4.74 Å². The summed E-state index contributed by atoms with van der Waals surface area (Å²) in [4.78, 5) is 15.5. The number of carbonyl (C=O) groups is 1. The van der Waals surface area contributed by atoms with Crippen molar-refractivity contribution < 1.29 is 9.53 Å². The van der Waals surface area contributed by atoms with Crippen molar-refractivity contribution in [3.63, 3.8) is 0 Å². The van der Waals surface area contributed by atoms with Crippen molar-refractivity contribution >= 4 is 5.78 Å². The van der Waals surface area contributed by atoms with Gasteiger partial charge in [0.2, 0.25) is 0 Å². The number of likely N-dealkylation sites (tertiary alicyclic amines) is 1. The van der Waals surface area contributed by atoms with Gasteiger partial charge in [-0.25, -0.2) is 0 Å². The second-order valence-corrected chi connectivity index (χ2v) is 7.13. The molecule has 2 atom stereocenters. The SMILES string of the molecule is COc1ccc2c(c1)[C@@]1(C)CCN(CC3CC3)[C@H](C2)C1=O. The number of hydrogen-bond donors (Lipinski definition) is 0. The third kappa shape index (κ3) is 2.02. The first-order valence-electron chi connectivity index (χ1n) is 8.07. The van der Waals surface area contributed by atoms with E-state index in [1.165, 1.54) is 24.0 Å². The van der Waals surface area contributed by atoms with E-state index in [9.17, 15) is 4.79 Å². The molecule has 1 heterocycles. The molecule has 2 fully saturated rings. The van der Waals surface area contributed by atoms with Crippen molar-refractivity contribution in [2.24, 2.45) is 5.92 Å². The predicted molar refractivity (Wildman–Crippen MR) is 81.8 cm³/mol. The number of piperidine rings is 1. The number of fused-ring (bicyclic) bond motifs is 4. The molecule has 4 rings (SSSR count). The number of methoxy groups -OCH3 is 1. The summed E-state index contributed by atoms with van der Waals surface area (Å²) in [6, 6.07) is 6.37. The van der Waals surface area contributed by atoms with Gasteiger partial charge in [-0.3, -0.25) is 9.69 Å². The van der Waals surface area contributed by atoms with Gasteiger partial charge in [-0.1, -0.05) is 6.07 Å². The van der Waals surface area contributed by atoms with E-state index in [1.54, 1.807) is 7.11 Å². The van der Waals surface area contributed by atoms with E-state index in [4.69, 9.17) is 4.74 Å². The molecule has 3 nitrogen and oxygen atoms in total. The summed E-state index contributed by atoms with van der Waals surface area (Å²) in [6.07, 6.45) is 4.51. The molecule has 112 valence electrons. The maximum absolute atomic E-state index is 13.0. The molecule has 0 amide bonds. The van der Waals surface area contributed by atoms with Gasteiger partial charge in [-0.05, 0) is 61.8 Å². The maximum atomic E-state index is 13.0. The molecular formula is C18H23NO2. The van der Waals surface area contributed by atoms with Crippen molar-refractivity contribution in [2.45, 2.75) is 44.1 Å². The number of benzene rings is 1. The number of carbonyl (C=O) groups excluding carboxylic acids is 1. The smallest absolute Gasteiger partial charge is 0.160 e. The van der Waals surface area contributed by atoms with Crippen LogP contribution in [0.4, 0.5) is 0 Å². The molecule has 21 heavy (non-hydrogen) atoms. The van der Waals surface area contributed by atoms with Crippen LogP contribution >= 0.6 is 0 Å². The van der Waals surface area contributed by atoms with Crippen LogP contribution in [-0.4, -0.2) is 36.9 Å². The fourth-order valence-electron chi connectivity index (χ4n) is 4.10. The van der Waals surface area contributed by atoms with Gasteiger partial charge in [-0.15, -0.1) is 0 Å². The van der Waals surface area contributed by atoms with Gasteiger partial charge in [0.05, 0.1) is 18.6 Å². The highest BCUT2D eigenvalue weighted by atomic mass is 16.5. The lowest BCUT2D eigenvalue weighted by Crippen LogP contribution is -2.59. The molecule has 1 saturated carbocycles. The highest BCUT2D eigenvalue weighted by Gasteiger charge is 2.50. The fourth-order valence-corrected chi connectivity index (χ4v) is 4.10. The van der Waals surface area contributed by atoms with Gasteiger partial charge in [-0.2, -0.15) is 0 Å². The number of rotatable bonds is 3. The Bertz CT molecular complexity index is 593. The third-order valence-corrected chi connectivity index (χ3v) is 5.70. The normalized spacial score (nSPS) is 31.9. The molecule has 1 aromatic carbocycles. The zero-order chi connectivity index (χ0) is 14.6. The van der Waals surface area contributed by atoms with Gasteiger partial charge in [0.25, 0.3) is 0 Å². The van der Waals surface area contributed by atoms with Crippen LogP contribution in [0.1, 0.15) is 37.3 Å². The van der Waals surface area contributed by atoms with Gasteiger partial charge < -0.3 is 4.74 Å². The quantitative estimate of drug-likeness (QED) is 0.855. The topological polar surface area (TPSA) is 29.5 Å². The van der Waals surface area contributed by atoms with E-state index in [0.717, 1.165) is 37.6 Å². The van der Waals surface area contributed by atoms with E-state index in [0.29, 0.717) is 5.78 Å². The average Bonchev–Trinajstić information content (AvgIpc) is 3.30. The molecule has 1 saturated heterocycles. The Morgan fingerprint density at radius 2 is 2.19 bits per heavy atom. The molecule has 1 aromatic rings. The Hall–Kier alpha value is -1.35. The second-order valence-electron chi connectivity index (χ2n) is 7.13. The first-order chi connectivity index (χ1) is 10.1. The minimum absolute atomic E-state index is 0.102. The minimum Gasteiger partial charge on any atom is -0.497 e. The minimum atomic E-state index is -0.313. The Balaban J connectivity index is 1.72. The van der Waals surface area contributed by atoms with E-state index >= 15 is 0 Å². The first-order valence-corrected chi connectivity index (χ1v) is 8.07. The molecule has 0 spiro atoms. The second kappa shape index (κ2) is 4.57. The number of ether oxygens (including phenoxy) is 1. The average molecular weight is 285 g/mol. The number of ketones is 1. The summed E-state index contributed by atoms with van der Waals surface area (Å²) < 4.78 is 5.36. The fraction of sp³-hybridized carbons (Fsp3) is 0.611. The Morgan fingerprint density at radius 1 is 1.38 bits per heavy atom. The molecule has 3 heteroatoms. The molecule has 0 aromatic heterocycles. The van der Waals surface area contributed by atoms with Crippen molar-refractivity contribution in [3.05, 3.63) is 29.3 Å². The summed E-state index contributed by atoms with van der Waals surface area (Å²) in [7, 11) is 1.69. The molecule has 0 N–H and O–H groups in total. The first kappa shape index (κ1) is 13.3. The highest BCUT2D eigenvalue weighted by Crippen LogP contribution is 2.44. The van der Waals surface area contributed by atoms with Crippen molar-refractivity contribution in [3.8, 4) is 5.75 Å². The van der Waals surface area contributed by atoms with Crippen molar-refractivity contribution in [2.75, 3.05) is 20.2 Å². The van der Waals surface area contributed by atoms with Crippen LogP contribution in [-0.2, 0) is 16.6 Å².